The zero-order valence-corrected chi connectivity index (χ0v) is 15.6. The van der Waals surface area contributed by atoms with Crippen LogP contribution in [-0.2, 0) is 4.74 Å². The molecular formula is C19H22FN5O2. The average molecular weight is 371 g/mol. The molecule has 3 heterocycles. The minimum atomic E-state index is -0.420. The first kappa shape index (κ1) is 17.7. The molecule has 1 aliphatic heterocycles. The Balaban J connectivity index is 1.75. The van der Waals surface area contributed by atoms with Gasteiger partial charge in [0.05, 0.1) is 36.6 Å². The first-order valence-corrected chi connectivity index (χ1v) is 9.04. The number of nitrogens with one attached hydrogen (secondary N) is 1. The highest BCUT2D eigenvalue weighted by molar-refractivity contribution is 5.93. The van der Waals surface area contributed by atoms with Crippen molar-refractivity contribution >= 4 is 16.7 Å². The summed E-state index contributed by atoms with van der Waals surface area (Å²) in [5, 5.41) is 7.98. The van der Waals surface area contributed by atoms with Crippen molar-refractivity contribution < 1.29 is 13.9 Å². The summed E-state index contributed by atoms with van der Waals surface area (Å²) in [5.74, 6) is 0.612. The Morgan fingerprint density at radius 3 is 2.93 bits per heavy atom. The van der Waals surface area contributed by atoms with Crippen molar-refractivity contribution in [3.63, 3.8) is 0 Å². The van der Waals surface area contributed by atoms with Gasteiger partial charge >= 0.3 is 0 Å². The van der Waals surface area contributed by atoms with E-state index in [2.05, 4.69) is 32.0 Å². The van der Waals surface area contributed by atoms with Crippen LogP contribution < -0.4 is 9.64 Å². The van der Waals surface area contributed by atoms with Gasteiger partial charge in [-0.1, -0.05) is 0 Å². The van der Waals surface area contributed by atoms with E-state index in [-0.39, 0.29) is 17.9 Å². The van der Waals surface area contributed by atoms with Gasteiger partial charge < -0.3 is 14.4 Å². The predicted octanol–water partition coefficient (Wildman–Crippen LogP) is 3.17. The summed E-state index contributed by atoms with van der Waals surface area (Å²) in [5.41, 5.74) is 1.91. The monoisotopic (exact) mass is 371 g/mol. The smallest absolute Gasteiger partial charge is 0.167 e. The molecule has 7 nitrogen and oxygen atoms in total. The SMILES string of the molecule is CC(C)Oc1cc2c(-c3cc(N4CCOCC4C)ncn3)n[nH]c2cc1F. The Labute approximate surface area is 156 Å². The van der Waals surface area contributed by atoms with Crippen LogP contribution in [0.15, 0.2) is 24.5 Å². The average Bonchev–Trinajstić information content (AvgIpc) is 3.05. The molecule has 1 atom stereocenters. The van der Waals surface area contributed by atoms with Crippen molar-refractivity contribution in [2.24, 2.45) is 0 Å². The molecule has 1 unspecified atom stereocenters. The lowest BCUT2D eigenvalue weighted by molar-refractivity contribution is 0.0985. The fourth-order valence-electron chi connectivity index (χ4n) is 3.26. The van der Waals surface area contributed by atoms with E-state index < -0.39 is 5.82 Å². The Morgan fingerprint density at radius 2 is 2.15 bits per heavy atom. The number of hydrogen-bond acceptors (Lipinski definition) is 6. The molecule has 1 aromatic carbocycles. The molecule has 0 bridgehead atoms. The number of benzene rings is 1. The largest absolute Gasteiger partial charge is 0.488 e. The van der Waals surface area contributed by atoms with E-state index in [1.807, 2.05) is 19.9 Å². The zero-order chi connectivity index (χ0) is 19.0. The Hall–Kier alpha value is -2.74. The van der Waals surface area contributed by atoms with Gasteiger partial charge in [0.1, 0.15) is 17.8 Å². The van der Waals surface area contributed by atoms with Crippen molar-refractivity contribution in [3.05, 3.63) is 30.3 Å². The number of nitrogens with zero attached hydrogens (tertiary/aromatic N) is 4. The first-order chi connectivity index (χ1) is 13.0. The summed E-state index contributed by atoms with van der Waals surface area (Å²) in [4.78, 5) is 11.0. The molecule has 2 aromatic heterocycles. The van der Waals surface area contributed by atoms with Gasteiger partial charge in [-0.2, -0.15) is 5.10 Å². The second kappa shape index (κ2) is 7.11. The quantitative estimate of drug-likeness (QED) is 0.759. The van der Waals surface area contributed by atoms with Gasteiger partial charge in [0.15, 0.2) is 11.6 Å². The molecule has 3 aromatic rings. The highest BCUT2D eigenvalue weighted by Gasteiger charge is 2.22. The maximum atomic E-state index is 14.2. The van der Waals surface area contributed by atoms with E-state index in [0.717, 1.165) is 17.7 Å². The molecule has 8 heteroatoms. The molecule has 1 aliphatic rings. The van der Waals surface area contributed by atoms with Gasteiger partial charge in [0, 0.05) is 24.1 Å². The lowest BCUT2D eigenvalue weighted by Gasteiger charge is -2.34. The normalized spacial score (nSPS) is 17.7. The third kappa shape index (κ3) is 3.44. The van der Waals surface area contributed by atoms with Crippen LogP contribution in [0.25, 0.3) is 22.3 Å². The molecular weight excluding hydrogens is 349 g/mol. The molecule has 0 saturated carbocycles. The van der Waals surface area contributed by atoms with Crippen LogP contribution >= 0.6 is 0 Å². The third-order valence-corrected chi connectivity index (χ3v) is 4.54. The van der Waals surface area contributed by atoms with Gasteiger partial charge in [-0.15, -0.1) is 0 Å². The van der Waals surface area contributed by atoms with Gasteiger partial charge in [0.2, 0.25) is 0 Å². The minimum Gasteiger partial charge on any atom is -0.488 e. The molecule has 27 heavy (non-hydrogen) atoms. The van der Waals surface area contributed by atoms with Gasteiger partial charge in [-0.05, 0) is 26.8 Å². The van der Waals surface area contributed by atoms with E-state index in [0.29, 0.717) is 30.1 Å². The highest BCUT2D eigenvalue weighted by atomic mass is 19.1. The van der Waals surface area contributed by atoms with Gasteiger partial charge in [-0.3, -0.25) is 5.10 Å². The summed E-state index contributed by atoms with van der Waals surface area (Å²) < 4.78 is 25.3. The number of hydrogen-bond donors (Lipinski definition) is 1. The fraction of sp³-hybridized carbons (Fsp3) is 0.421. The number of H-pyrrole nitrogens is 1. The van der Waals surface area contributed by atoms with Gasteiger partial charge in [0.25, 0.3) is 0 Å². The van der Waals surface area contributed by atoms with Crippen molar-refractivity contribution in [1.29, 1.82) is 0 Å². The molecule has 0 amide bonds. The highest BCUT2D eigenvalue weighted by Crippen LogP contribution is 2.32. The topological polar surface area (TPSA) is 76.2 Å². The predicted molar refractivity (Wildman–Crippen MR) is 100 cm³/mol. The summed E-state index contributed by atoms with van der Waals surface area (Å²) in [6.07, 6.45) is 1.41. The summed E-state index contributed by atoms with van der Waals surface area (Å²) >= 11 is 0. The fourth-order valence-corrected chi connectivity index (χ4v) is 3.26. The zero-order valence-electron chi connectivity index (χ0n) is 15.6. The number of fused-ring (bicyclic) bond motifs is 1. The molecule has 1 N–H and O–H groups in total. The van der Waals surface area contributed by atoms with Crippen LogP contribution in [0.3, 0.4) is 0 Å². The molecule has 142 valence electrons. The lowest BCUT2D eigenvalue weighted by atomic mass is 10.1. The van der Waals surface area contributed by atoms with E-state index in [1.54, 1.807) is 6.07 Å². The minimum absolute atomic E-state index is 0.124. The van der Waals surface area contributed by atoms with E-state index in [1.165, 1.54) is 12.4 Å². The van der Waals surface area contributed by atoms with E-state index in [4.69, 9.17) is 9.47 Å². The number of halogens is 1. The van der Waals surface area contributed by atoms with Crippen LogP contribution in [0.5, 0.6) is 5.75 Å². The molecule has 1 fully saturated rings. The van der Waals surface area contributed by atoms with Crippen molar-refractivity contribution in [3.8, 4) is 17.1 Å². The first-order valence-electron chi connectivity index (χ1n) is 9.04. The number of aromatic amines is 1. The third-order valence-electron chi connectivity index (χ3n) is 4.54. The Kier molecular flexibility index (Phi) is 4.65. The Morgan fingerprint density at radius 1 is 1.30 bits per heavy atom. The van der Waals surface area contributed by atoms with Crippen LogP contribution in [0.1, 0.15) is 20.8 Å². The van der Waals surface area contributed by atoms with Crippen LogP contribution in [-0.4, -0.2) is 52.1 Å². The van der Waals surface area contributed by atoms with E-state index >= 15 is 0 Å². The van der Waals surface area contributed by atoms with Crippen molar-refractivity contribution in [1.82, 2.24) is 20.2 Å². The summed E-state index contributed by atoms with van der Waals surface area (Å²) in [7, 11) is 0. The maximum absolute atomic E-state index is 14.2. The van der Waals surface area contributed by atoms with Crippen molar-refractivity contribution in [2.75, 3.05) is 24.7 Å². The molecule has 1 saturated heterocycles. The molecule has 0 radical (unpaired) electrons. The number of morpholine rings is 1. The number of anilines is 1. The molecule has 4 rings (SSSR count). The number of ether oxygens (including phenoxy) is 2. The van der Waals surface area contributed by atoms with Crippen LogP contribution in [0.2, 0.25) is 0 Å². The van der Waals surface area contributed by atoms with Gasteiger partial charge in [-0.25, -0.2) is 14.4 Å². The summed E-state index contributed by atoms with van der Waals surface area (Å²) in [6.45, 7) is 7.93. The lowest BCUT2D eigenvalue weighted by Crippen LogP contribution is -2.44. The van der Waals surface area contributed by atoms with Crippen molar-refractivity contribution in [2.45, 2.75) is 32.9 Å². The molecule has 0 aliphatic carbocycles. The maximum Gasteiger partial charge on any atom is 0.167 e. The Bertz CT molecular complexity index is 958. The second-order valence-electron chi connectivity index (χ2n) is 6.95. The summed E-state index contributed by atoms with van der Waals surface area (Å²) in [6, 6.07) is 5.21. The molecule has 0 spiro atoms. The number of aromatic nitrogens is 4. The number of rotatable bonds is 4. The van der Waals surface area contributed by atoms with Crippen LogP contribution in [0, 0.1) is 5.82 Å². The van der Waals surface area contributed by atoms with E-state index in [9.17, 15) is 4.39 Å². The van der Waals surface area contributed by atoms with Crippen LogP contribution in [0.4, 0.5) is 10.2 Å². The standard InChI is InChI=1S/C19H22FN5O2/c1-11(2)27-17-6-13-15(7-14(17)20)23-24-19(13)16-8-18(22-10-21-16)25-4-5-26-9-12(25)3/h6-8,10-12H,4-5,9H2,1-3H3,(H,23,24). The second-order valence-corrected chi connectivity index (χ2v) is 6.95.